The average molecular weight is 694 g/mol. The molecule has 4 fully saturated rings. The first-order valence-electron chi connectivity index (χ1n) is 19.8. The van der Waals surface area contributed by atoms with Crippen molar-refractivity contribution in [3.63, 3.8) is 0 Å². The number of fused-ring (bicyclic) bond motifs is 5. The SMILES string of the molecule is c1ccc(-c2nc(-c3ccc(-c4cccc5ccccc45)cc3)nc(-c3cccc4c3-c3cc5ccccc5cc3C43C4CC5CC(C4)CC3C5)n2)cc1. The van der Waals surface area contributed by atoms with Crippen molar-refractivity contribution in [2.24, 2.45) is 23.7 Å². The van der Waals surface area contributed by atoms with Crippen molar-refractivity contribution in [1.29, 1.82) is 0 Å². The lowest BCUT2D eigenvalue weighted by Gasteiger charge is -2.61. The molecule has 258 valence electrons. The second kappa shape index (κ2) is 11.5. The summed E-state index contributed by atoms with van der Waals surface area (Å²) in [6, 6.07) is 55.3. The fourth-order valence-electron chi connectivity index (χ4n) is 11.7. The van der Waals surface area contributed by atoms with Gasteiger partial charge in [0.25, 0.3) is 0 Å². The third-order valence-corrected chi connectivity index (χ3v) is 13.7. The molecule has 3 heteroatoms. The molecule has 1 spiro atoms. The minimum absolute atomic E-state index is 0.0493. The molecule has 1 heterocycles. The van der Waals surface area contributed by atoms with Crippen molar-refractivity contribution in [1.82, 2.24) is 15.0 Å². The summed E-state index contributed by atoms with van der Waals surface area (Å²) in [5.74, 6) is 5.28. The molecule has 8 aromatic rings. The molecule has 5 aliphatic rings. The predicted octanol–water partition coefficient (Wildman–Crippen LogP) is 12.6. The van der Waals surface area contributed by atoms with E-state index in [9.17, 15) is 0 Å². The van der Waals surface area contributed by atoms with E-state index >= 15 is 0 Å². The van der Waals surface area contributed by atoms with Crippen LogP contribution in [0.3, 0.4) is 0 Å². The quantitative estimate of drug-likeness (QED) is 0.184. The van der Waals surface area contributed by atoms with E-state index in [1.54, 1.807) is 5.56 Å². The first-order valence-corrected chi connectivity index (χ1v) is 19.8. The maximum Gasteiger partial charge on any atom is 0.164 e. The Kier molecular flexibility index (Phi) is 6.52. The van der Waals surface area contributed by atoms with Crippen LogP contribution in [-0.4, -0.2) is 15.0 Å². The zero-order valence-corrected chi connectivity index (χ0v) is 30.1. The van der Waals surface area contributed by atoms with E-state index in [0.29, 0.717) is 23.5 Å². The maximum absolute atomic E-state index is 5.37. The number of hydrogen-bond acceptors (Lipinski definition) is 3. The first kappa shape index (κ1) is 30.5. The zero-order valence-electron chi connectivity index (χ0n) is 30.1. The molecule has 0 saturated heterocycles. The van der Waals surface area contributed by atoms with Gasteiger partial charge >= 0.3 is 0 Å². The van der Waals surface area contributed by atoms with Crippen molar-refractivity contribution in [3.8, 4) is 56.4 Å². The van der Waals surface area contributed by atoms with Gasteiger partial charge in [0.2, 0.25) is 0 Å². The Morgan fingerprint density at radius 3 is 1.69 bits per heavy atom. The van der Waals surface area contributed by atoms with Gasteiger partial charge in [0.15, 0.2) is 17.5 Å². The van der Waals surface area contributed by atoms with E-state index in [2.05, 4.69) is 146 Å². The van der Waals surface area contributed by atoms with Crippen LogP contribution in [-0.2, 0) is 5.41 Å². The number of aromatic nitrogens is 3. The second-order valence-electron chi connectivity index (χ2n) is 16.4. The summed E-state index contributed by atoms with van der Waals surface area (Å²) in [5.41, 5.74) is 11.3. The Labute approximate surface area is 315 Å². The first-order chi connectivity index (χ1) is 26.7. The molecule has 4 saturated carbocycles. The van der Waals surface area contributed by atoms with Gasteiger partial charge in [-0.15, -0.1) is 0 Å². The topological polar surface area (TPSA) is 38.7 Å². The van der Waals surface area contributed by atoms with Crippen molar-refractivity contribution >= 4 is 21.5 Å². The van der Waals surface area contributed by atoms with Crippen LogP contribution < -0.4 is 0 Å². The number of rotatable bonds is 4. The minimum Gasteiger partial charge on any atom is -0.208 e. The largest absolute Gasteiger partial charge is 0.208 e. The zero-order chi connectivity index (χ0) is 35.4. The standard InChI is InChI=1S/C51H39N3/c1-2-11-35(12-3-1)48-52-49(36-22-20-34(21-23-36)42-17-8-15-33-10-6-7-16-41(33)42)54-50(53-48)43-18-9-19-45-47(43)44-29-37-13-4-5-14-38(37)30-46(44)51(45)39-25-31-24-32(27-39)28-40(51)26-31/h1-23,29-32,39-40H,24-28H2. The summed E-state index contributed by atoms with van der Waals surface area (Å²) in [7, 11) is 0. The Morgan fingerprint density at radius 2 is 0.944 bits per heavy atom. The molecule has 4 bridgehead atoms. The lowest BCUT2D eigenvalue weighted by Crippen LogP contribution is -2.55. The van der Waals surface area contributed by atoms with Gasteiger partial charge in [0.05, 0.1) is 0 Å². The Balaban J connectivity index is 1.06. The van der Waals surface area contributed by atoms with E-state index in [0.717, 1.165) is 34.4 Å². The predicted molar refractivity (Wildman–Crippen MR) is 220 cm³/mol. The van der Waals surface area contributed by atoms with Crippen LogP contribution in [0.5, 0.6) is 0 Å². The van der Waals surface area contributed by atoms with Crippen LogP contribution in [0.25, 0.3) is 78.0 Å². The molecule has 13 rings (SSSR count). The van der Waals surface area contributed by atoms with Crippen LogP contribution in [0.4, 0.5) is 0 Å². The van der Waals surface area contributed by atoms with Gasteiger partial charge in [-0.25, -0.2) is 15.0 Å². The van der Waals surface area contributed by atoms with Crippen molar-refractivity contribution in [2.75, 3.05) is 0 Å². The Bertz CT molecular complexity index is 2750. The van der Waals surface area contributed by atoms with E-state index < -0.39 is 0 Å². The molecular weight excluding hydrogens is 655 g/mol. The molecule has 0 unspecified atom stereocenters. The molecule has 5 aliphatic carbocycles. The fourth-order valence-corrected chi connectivity index (χ4v) is 11.7. The van der Waals surface area contributed by atoms with E-state index in [1.807, 2.05) is 6.07 Å². The number of hydrogen-bond donors (Lipinski definition) is 0. The minimum atomic E-state index is 0.0493. The highest BCUT2D eigenvalue weighted by molar-refractivity contribution is 5.99. The van der Waals surface area contributed by atoms with Gasteiger partial charge < -0.3 is 0 Å². The van der Waals surface area contributed by atoms with E-state index in [4.69, 9.17) is 15.0 Å². The van der Waals surface area contributed by atoms with Crippen LogP contribution >= 0.6 is 0 Å². The maximum atomic E-state index is 5.37. The highest BCUT2D eigenvalue weighted by Gasteiger charge is 2.61. The highest BCUT2D eigenvalue weighted by Crippen LogP contribution is 2.70. The third kappa shape index (κ3) is 4.39. The van der Waals surface area contributed by atoms with Crippen LogP contribution in [0.15, 0.2) is 152 Å². The molecule has 54 heavy (non-hydrogen) atoms. The van der Waals surface area contributed by atoms with Gasteiger partial charge in [0, 0.05) is 22.1 Å². The summed E-state index contributed by atoms with van der Waals surface area (Å²) >= 11 is 0. The van der Waals surface area contributed by atoms with E-state index in [-0.39, 0.29) is 5.41 Å². The van der Waals surface area contributed by atoms with Gasteiger partial charge in [-0.3, -0.25) is 0 Å². The van der Waals surface area contributed by atoms with Crippen molar-refractivity contribution < 1.29 is 0 Å². The van der Waals surface area contributed by atoms with Gasteiger partial charge in [-0.05, 0) is 123 Å². The third-order valence-electron chi connectivity index (χ3n) is 13.7. The molecule has 0 amide bonds. The van der Waals surface area contributed by atoms with Crippen molar-refractivity contribution in [2.45, 2.75) is 37.5 Å². The van der Waals surface area contributed by atoms with Gasteiger partial charge in [0.1, 0.15) is 0 Å². The number of nitrogens with zero attached hydrogens (tertiary/aromatic N) is 3. The molecule has 7 aromatic carbocycles. The van der Waals surface area contributed by atoms with Crippen LogP contribution in [0.2, 0.25) is 0 Å². The summed E-state index contributed by atoms with van der Waals surface area (Å²) in [6.07, 6.45) is 6.86. The normalized spacial score (nSPS) is 23.3. The van der Waals surface area contributed by atoms with Gasteiger partial charge in [-0.1, -0.05) is 140 Å². The monoisotopic (exact) mass is 693 g/mol. The van der Waals surface area contributed by atoms with Crippen molar-refractivity contribution in [3.05, 3.63) is 163 Å². The summed E-state index contributed by atoms with van der Waals surface area (Å²) in [6.45, 7) is 0. The Hall–Kier alpha value is -5.93. The summed E-state index contributed by atoms with van der Waals surface area (Å²) in [4.78, 5) is 15.8. The molecule has 0 N–H and O–H groups in total. The smallest absolute Gasteiger partial charge is 0.164 e. The van der Waals surface area contributed by atoms with Crippen LogP contribution in [0, 0.1) is 23.7 Å². The summed E-state index contributed by atoms with van der Waals surface area (Å²) in [5, 5.41) is 5.14. The lowest BCUT2D eigenvalue weighted by molar-refractivity contribution is -0.0398. The lowest BCUT2D eigenvalue weighted by atomic mass is 9.43. The molecule has 3 nitrogen and oxygen atoms in total. The Morgan fingerprint density at radius 1 is 0.389 bits per heavy atom. The highest BCUT2D eigenvalue weighted by atomic mass is 15.0. The van der Waals surface area contributed by atoms with Gasteiger partial charge in [-0.2, -0.15) is 0 Å². The molecule has 1 aromatic heterocycles. The fraction of sp³-hybridized carbons (Fsp3) is 0.196. The summed E-state index contributed by atoms with van der Waals surface area (Å²) < 4.78 is 0. The molecular formula is C51H39N3. The molecule has 0 atom stereocenters. The number of benzene rings is 7. The van der Waals surface area contributed by atoms with Crippen LogP contribution in [0.1, 0.15) is 43.2 Å². The second-order valence-corrected chi connectivity index (χ2v) is 16.4. The molecule has 0 aliphatic heterocycles. The molecule has 0 radical (unpaired) electrons. The average Bonchev–Trinajstić information content (AvgIpc) is 3.51. The van der Waals surface area contributed by atoms with E-state index in [1.165, 1.54) is 81.5 Å².